The number of rotatable bonds is 5. The lowest BCUT2D eigenvalue weighted by atomic mass is 10.3. The smallest absolute Gasteiger partial charge is 0.325 e. The zero-order valence-corrected chi connectivity index (χ0v) is 11.2. The summed E-state index contributed by atoms with van der Waals surface area (Å²) in [7, 11) is 0. The summed E-state index contributed by atoms with van der Waals surface area (Å²) in [6.07, 6.45) is 0. The molecule has 1 amide bonds. The van der Waals surface area contributed by atoms with Crippen molar-refractivity contribution in [3.63, 3.8) is 0 Å². The molecule has 94 valence electrons. The molecular weight excluding hydrogens is 238 g/mol. The van der Waals surface area contributed by atoms with E-state index >= 15 is 0 Å². The predicted octanol–water partition coefficient (Wildman–Crippen LogP) is 2.08. The summed E-state index contributed by atoms with van der Waals surface area (Å²) in [6.45, 7) is 6.39. The summed E-state index contributed by atoms with van der Waals surface area (Å²) in [5.74, 6) is -0.477. The van der Waals surface area contributed by atoms with Gasteiger partial charge in [0.15, 0.2) is 0 Å². The molecule has 0 spiro atoms. The second-order valence-corrected chi connectivity index (χ2v) is 4.82. The first-order valence-corrected chi connectivity index (χ1v) is 6.41. The highest BCUT2D eigenvalue weighted by atomic mass is 32.1. The van der Waals surface area contributed by atoms with Gasteiger partial charge in [-0.3, -0.25) is 9.59 Å². The van der Waals surface area contributed by atoms with Crippen LogP contribution in [0.4, 0.5) is 0 Å². The van der Waals surface area contributed by atoms with Gasteiger partial charge in [0.2, 0.25) is 0 Å². The van der Waals surface area contributed by atoms with E-state index in [-0.39, 0.29) is 18.4 Å². The fourth-order valence-corrected chi connectivity index (χ4v) is 2.23. The van der Waals surface area contributed by atoms with E-state index < -0.39 is 0 Å². The number of amides is 1. The Morgan fingerprint density at radius 2 is 2.06 bits per heavy atom. The summed E-state index contributed by atoms with van der Waals surface area (Å²) < 4.78 is 4.84. The predicted molar refractivity (Wildman–Crippen MR) is 67.3 cm³/mol. The minimum Gasteiger partial charge on any atom is -0.465 e. The van der Waals surface area contributed by atoms with Crippen LogP contribution in [0.3, 0.4) is 0 Å². The zero-order valence-electron chi connectivity index (χ0n) is 10.4. The highest BCUT2D eigenvalue weighted by Gasteiger charge is 2.18. The summed E-state index contributed by atoms with van der Waals surface area (Å²) in [5, 5.41) is 0. The first-order valence-electron chi connectivity index (χ1n) is 5.59. The van der Waals surface area contributed by atoms with Gasteiger partial charge in [-0.2, -0.15) is 0 Å². The average Bonchev–Trinajstić information content (AvgIpc) is 2.72. The highest BCUT2D eigenvalue weighted by Crippen LogP contribution is 2.17. The molecule has 0 aromatic carbocycles. The van der Waals surface area contributed by atoms with Gasteiger partial charge in [0, 0.05) is 11.4 Å². The molecule has 1 aromatic rings. The van der Waals surface area contributed by atoms with Crippen LogP contribution in [0.1, 0.15) is 28.4 Å². The molecule has 0 atom stereocenters. The standard InChI is InChI=1S/C12H17NO3S/c1-4-13(8-11(14)16-5-2)12(15)10-7-6-9(3)17-10/h6-7H,4-5,8H2,1-3H3. The molecule has 0 radical (unpaired) electrons. The molecule has 0 fully saturated rings. The van der Waals surface area contributed by atoms with Crippen LogP contribution in [0, 0.1) is 6.92 Å². The molecule has 0 saturated carbocycles. The number of esters is 1. The molecule has 0 bridgehead atoms. The van der Waals surface area contributed by atoms with Crippen LogP contribution in [0.15, 0.2) is 12.1 Å². The van der Waals surface area contributed by atoms with Gasteiger partial charge in [-0.1, -0.05) is 0 Å². The Kier molecular flexibility index (Phi) is 5.15. The van der Waals surface area contributed by atoms with Gasteiger partial charge in [-0.05, 0) is 32.9 Å². The van der Waals surface area contributed by atoms with Crippen LogP contribution in [-0.2, 0) is 9.53 Å². The van der Waals surface area contributed by atoms with Crippen molar-refractivity contribution in [3.8, 4) is 0 Å². The van der Waals surface area contributed by atoms with Crippen molar-refractivity contribution in [1.82, 2.24) is 4.90 Å². The van der Waals surface area contributed by atoms with E-state index in [1.807, 2.05) is 19.9 Å². The van der Waals surface area contributed by atoms with E-state index in [9.17, 15) is 9.59 Å². The summed E-state index contributed by atoms with van der Waals surface area (Å²) in [6, 6.07) is 3.69. The number of aryl methyl sites for hydroxylation is 1. The molecule has 0 unspecified atom stereocenters. The van der Waals surface area contributed by atoms with Gasteiger partial charge in [-0.25, -0.2) is 0 Å². The van der Waals surface area contributed by atoms with Gasteiger partial charge >= 0.3 is 5.97 Å². The molecular formula is C12H17NO3S. The third-order valence-electron chi connectivity index (χ3n) is 2.25. The number of hydrogen-bond acceptors (Lipinski definition) is 4. The van der Waals surface area contributed by atoms with Crippen molar-refractivity contribution in [2.45, 2.75) is 20.8 Å². The molecule has 0 aliphatic heterocycles. The summed E-state index contributed by atoms with van der Waals surface area (Å²) in [4.78, 5) is 26.6. The first-order chi connectivity index (χ1) is 8.08. The number of ether oxygens (including phenoxy) is 1. The maximum absolute atomic E-state index is 12.1. The Bertz CT molecular complexity index is 400. The lowest BCUT2D eigenvalue weighted by Gasteiger charge is -2.18. The first kappa shape index (κ1) is 13.7. The number of likely N-dealkylation sites (N-methyl/N-ethyl adjacent to an activating group) is 1. The minimum atomic E-state index is -0.365. The zero-order chi connectivity index (χ0) is 12.8. The maximum atomic E-state index is 12.1. The van der Waals surface area contributed by atoms with E-state index in [4.69, 9.17) is 4.74 Å². The number of carbonyl (C=O) groups is 2. The van der Waals surface area contributed by atoms with Crippen molar-refractivity contribution < 1.29 is 14.3 Å². The van der Waals surface area contributed by atoms with Crippen LogP contribution in [0.5, 0.6) is 0 Å². The lowest BCUT2D eigenvalue weighted by Crippen LogP contribution is -2.35. The van der Waals surface area contributed by atoms with Gasteiger partial charge in [0.1, 0.15) is 6.54 Å². The largest absolute Gasteiger partial charge is 0.465 e. The van der Waals surface area contributed by atoms with Crippen molar-refractivity contribution in [3.05, 3.63) is 21.9 Å². The second kappa shape index (κ2) is 6.39. The van der Waals surface area contributed by atoms with Gasteiger partial charge < -0.3 is 9.64 Å². The Hall–Kier alpha value is -1.36. The SMILES string of the molecule is CCOC(=O)CN(CC)C(=O)c1ccc(C)s1. The molecule has 1 rings (SSSR count). The highest BCUT2D eigenvalue weighted by molar-refractivity contribution is 7.13. The van der Waals surface area contributed by atoms with Crippen molar-refractivity contribution in [2.75, 3.05) is 19.7 Å². The molecule has 0 saturated heterocycles. The van der Waals surface area contributed by atoms with E-state index in [0.717, 1.165) is 4.88 Å². The Balaban J connectivity index is 2.67. The number of hydrogen-bond donors (Lipinski definition) is 0. The minimum absolute atomic E-state index is 0.0140. The quantitative estimate of drug-likeness (QED) is 0.757. The average molecular weight is 255 g/mol. The van der Waals surface area contributed by atoms with Crippen LogP contribution in [-0.4, -0.2) is 36.5 Å². The van der Waals surface area contributed by atoms with Crippen LogP contribution in [0.2, 0.25) is 0 Å². The normalized spacial score (nSPS) is 10.1. The van der Waals surface area contributed by atoms with E-state index in [2.05, 4.69) is 0 Å². The fraction of sp³-hybridized carbons (Fsp3) is 0.500. The maximum Gasteiger partial charge on any atom is 0.325 e. The van der Waals surface area contributed by atoms with Gasteiger partial charge in [0.05, 0.1) is 11.5 Å². The molecule has 0 aliphatic rings. The molecule has 1 heterocycles. The molecule has 5 heteroatoms. The van der Waals surface area contributed by atoms with Gasteiger partial charge in [0.25, 0.3) is 5.91 Å². The Morgan fingerprint density at radius 1 is 1.35 bits per heavy atom. The third kappa shape index (κ3) is 3.85. The van der Waals surface area contributed by atoms with Crippen LogP contribution in [0.25, 0.3) is 0 Å². The summed E-state index contributed by atoms with van der Waals surface area (Å²) >= 11 is 1.44. The van der Waals surface area contributed by atoms with Gasteiger partial charge in [-0.15, -0.1) is 11.3 Å². The van der Waals surface area contributed by atoms with Crippen molar-refractivity contribution in [1.29, 1.82) is 0 Å². The fourth-order valence-electron chi connectivity index (χ4n) is 1.39. The van der Waals surface area contributed by atoms with E-state index in [0.29, 0.717) is 18.0 Å². The number of carbonyl (C=O) groups excluding carboxylic acids is 2. The Morgan fingerprint density at radius 3 is 2.53 bits per heavy atom. The molecule has 1 aromatic heterocycles. The van der Waals surface area contributed by atoms with Crippen molar-refractivity contribution in [2.24, 2.45) is 0 Å². The van der Waals surface area contributed by atoms with E-state index in [1.165, 1.54) is 16.2 Å². The molecule has 17 heavy (non-hydrogen) atoms. The number of thiophene rings is 1. The monoisotopic (exact) mass is 255 g/mol. The van der Waals surface area contributed by atoms with Crippen molar-refractivity contribution >= 4 is 23.2 Å². The van der Waals surface area contributed by atoms with E-state index in [1.54, 1.807) is 13.0 Å². The topological polar surface area (TPSA) is 46.6 Å². The third-order valence-corrected chi connectivity index (χ3v) is 3.23. The second-order valence-electron chi connectivity index (χ2n) is 3.53. The lowest BCUT2D eigenvalue weighted by molar-refractivity contribution is -0.143. The van der Waals surface area contributed by atoms with Crippen LogP contribution < -0.4 is 0 Å². The molecule has 0 aliphatic carbocycles. The Labute approximate surface area is 105 Å². The molecule has 0 N–H and O–H groups in total. The molecule has 4 nitrogen and oxygen atoms in total. The number of nitrogens with zero attached hydrogens (tertiary/aromatic N) is 1. The summed E-state index contributed by atoms with van der Waals surface area (Å²) in [5.41, 5.74) is 0. The van der Waals surface area contributed by atoms with Crippen LogP contribution >= 0.6 is 11.3 Å².